The van der Waals surface area contributed by atoms with E-state index in [-0.39, 0.29) is 5.41 Å². The van der Waals surface area contributed by atoms with E-state index in [0.717, 1.165) is 25.8 Å². The van der Waals surface area contributed by atoms with E-state index in [1.807, 2.05) is 11.3 Å². The number of amides is 1. The summed E-state index contributed by atoms with van der Waals surface area (Å²) in [5.41, 5.74) is 7.06. The van der Waals surface area contributed by atoms with Gasteiger partial charge in [0, 0.05) is 18.0 Å². The molecule has 0 spiro atoms. The van der Waals surface area contributed by atoms with E-state index >= 15 is 0 Å². The monoisotopic (exact) mass is 306 g/mol. The molecule has 1 amide bonds. The van der Waals surface area contributed by atoms with Gasteiger partial charge in [0.25, 0.3) is 0 Å². The third kappa shape index (κ3) is 2.42. The van der Waals surface area contributed by atoms with Crippen LogP contribution in [0, 0.1) is 11.3 Å². The fourth-order valence-corrected chi connectivity index (χ4v) is 4.64. The molecule has 4 heteroatoms. The van der Waals surface area contributed by atoms with Crippen LogP contribution >= 0.6 is 11.3 Å². The van der Waals surface area contributed by atoms with Crippen LogP contribution < -0.4 is 5.73 Å². The fraction of sp³-hybridized carbons (Fsp3) is 0.706. The van der Waals surface area contributed by atoms with E-state index in [0.29, 0.717) is 24.4 Å². The first-order valence-electron chi connectivity index (χ1n) is 8.24. The Balaban J connectivity index is 1.92. The molecule has 0 radical (unpaired) electrons. The molecule has 1 saturated carbocycles. The van der Waals surface area contributed by atoms with E-state index < -0.39 is 0 Å². The standard InChI is InChI=1S/C17H26N2OS/c1-3-17(4-2,11-18)16(20)19-9-7-14-13(8-10-21-14)15(19)12-5-6-12/h8,10,12,15H,3-7,9,11,18H2,1-2H3. The van der Waals surface area contributed by atoms with Gasteiger partial charge in [0.15, 0.2) is 0 Å². The summed E-state index contributed by atoms with van der Waals surface area (Å²) in [7, 11) is 0. The van der Waals surface area contributed by atoms with E-state index in [4.69, 9.17) is 5.73 Å². The average Bonchev–Trinajstić information content (AvgIpc) is 3.24. The van der Waals surface area contributed by atoms with Crippen molar-refractivity contribution in [2.24, 2.45) is 17.1 Å². The third-order valence-electron chi connectivity index (χ3n) is 5.54. The lowest BCUT2D eigenvalue weighted by Crippen LogP contribution is -2.51. The van der Waals surface area contributed by atoms with Gasteiger partial charge < -0.3 is 10.6 Å². The third-order valence-corrected chi connectivity index (χ3v) is 6.54. The molecule has 1 atom stereocenters. The molecular weight excluding hydrogens is 280 g/mol. The van der Waals surface area contributed by atoms with Gasteiger partial charge in [-0.3, -0.25) is 4.79 Å². The van der Waals surface area contributed by atoms with Crippen molar-refractivity contribution in [2.45, 2.75) is 52.0 Å². The summed E-state index contributed by atoms with van der Waals surface area (Å²) in [4.78, 5) is 16.9. The molecular formula is C17H26N2OS. The van der Waals surface area contributed by atoms with Gasteiger partial charge in [-0.25, -0.2) is 0 Å². The Labute approximate surface area is 131 Å². The Morgan fingerprint density at radius 3 is 2.71 bits per heavy atom. The number of thiophene rings is 1. The molecule has 0 bridgehead atoms. The molecule has 2 N–H and O–H groups in total. The van der Waals surface area contributed by atoms with Crippen molar-refractivity contribution >= 4 is 17.2 Å². The minimum absolute atomic E-state index is 0.295. The summed E-state index contributed by atoms with van der Waals surface area (Å²) in [6.07, 6.45) is 5.21. The van der Waals surface area contributed by atoms with Crippen molar-refractivity contribution in [2.75, 3.05) is 13.1 Å². The summed E-state index contributed by atoms with van der Waals surface area (Å²) in [6, 6.07) is 2.56. The molecule has 1 aromatic heterocycles. The highest BCUT2D eigenvalue weighted by Gasteiger charge is 2.46. The molecule has 0 aromatic carbocycles. The topological polar surface area (TPSA) is 46.3 Å². The fourth-order valence-electron chi connectivity index (χ4n) is 3.73. The largest absolute Gasteiger partial charge is 0.334 e. The van der Waals surface area contributed by atoms with Crippen molar-refractivity contribution in [3.63, 3.8) is 0 Å². The van der Waals surface area contributed by atoms with Gasteiger partial charge in [0.1, 0.15) is 0 Å². The SMILES string of the molecule is CCC(CC)(CN)C(=O)N1CCc2sccc2C1C1CC1. The van der Waals surface area contributed by atoms with Gasteiger partial charge in [0.05, 0.1) is 11.5 Å². The van der Waals surface area contributed by atoms with E-state index in [1.54, 1.807) is 0 Å². The van der Waals surface area contributed by atoms with Crippen molar-refractivity contribution in [3.05, 3.63) is 21.9 Å². The Hall–Kier alpha value is -0.870. The van der Waals surface area contributed by atoms with Crippen LogP contribution in [-0.2, 0) is 11.2 Å². The van der Waals surface area contributed by atoms with Crippen molar-refractivity contribution < 1.29 is 4.79 Å². The Morgan fingerprint density at radius 1 is 1.43 bits per heavy atom. The lowest BCUT2D eigenvalue weighted by atomic mass is 9.79. The first-order chi connectivity index (χ1) is 10.2. The Bertz CT molecular complexity index is 508. The lowest BCUT2D eigenvalue weighted by molar-refractivity contribution is -0.146. The van der Waals surface area contributed by atoms with E-state index in [2.05, 4.69) is 30.2 Å². The minimum atomic E-state index is -0.360. The van der Waals surface area contributed by atoms with Crippen molar-refractivity contribution in [1.82, 2.24) is 4.90 Å². The summed E-state index contributed by atoms with van der Waals surface area (Å²) >= 11 is 1.85. The van der Waals surface area contributed by atoms with Crippen molar-refractivity contribution in [1.29, 1.82) is 0 Å². The average molecular weight is 306 g/mol. The summed E-state index contributed by atoms with van der Waals surface area (Å²) in [6.45, 7) is 5.53. The maximum atomic E-state index is 13.2. The molecule has 0 saturated heterocycles. The van der Waals surface area contributed by atoms with Gasteiger partial charge in [-0.15, -0.1) is 11.3 Å². The molecule has 1 fully saturated rings. The molecule has 2 aliphatic rings. The molecule has 1 aromatic rings. The van der Waals surface area contributed by atoms with Crippen LogP contribution in [0.3, 0.4) is 0 Å². The number of hydrogen-bond donors (Lipinski definition) is 1. The second-order valence-corrected chi connectivity index (χ2v) is 7.52. The molecule has 2 heterocycles. The quantitative estimate of drug-likeness (QED) is 0.907. The second kappa shape index (κ2) is 5.73. The molecule has 21 heavy (non-hydrogen) atoms. The maximum Gasteiger partial charge on any atom is 0.230 e. The van der Waals surface area contributed by atoms with Gasteiger partial charge in [0.2, 0.25) is 5.91 Å². The summed E-state index contributed by atoms with van der Waals surface area (Å²) in [5, 5.41) is 2.18. The van der Waals surface area contributed by atoms with Crippen molar-refractivity contribution in [3.8, 4) is 0 Å². The van der Waals surface area contributed by atoms with Crippen LogP contribution in [0.4, 0.5) is 0 Å². The zero-order valence-electron chi connectivity index (χ0n) is 13.1. The summed E-state index contributed by atoms with van der Waals surface area (Å²) in [5.74, 6) is 0.968. The normalized spacial score (nSPS) is 22.2. The molecule has 3 rings (SSSR count). The predicted octanol–water partition coefficient (Wildman–Crippen LogP) is 3.35. The van der Waals surface area contributed by atoms with Gasteiger partial charge in [-0.05, 0) is 55.0 Å². The van der Waals surface area contributed by atoms with Crippen LogP contribution in [0.5, 0.6) is 0 Å². The predicted molar refractivity (Wildman–Crippen MR) is 87.3 cm³/mol. The molecule has 1 aliphatic heterocycles. The summed E-state index contributed by atoms with van der Waals surface area (Å²) < 4.78 is 0. The zero-order valence-corrected chi connectivity index (χ0v) is 13.9. The van der Waals surface area contributed by atoms with E-state index in [1.165, 1.54) is 23.3 Å². The van der Waals surface area contributed by atoms with Crippen LogP contribution in [0.2, 0.25) is 0 Å². The minimum Gasteiger partial charge on any atom is -0.334 e. The smallest absolute Gasteiger partial charge is 0.230 e. The highest BCUT2D eigenvalue weighted by molar-refractivity contribution is 7.10. The zero-order chi connectivity index (χ0) is 15.0. The first-order valence-corrected chi connectivity index (χ1v) is 9.12. The lowest BCUT2D eigenvalue weighted by Gasteiger charge is -2.42. The molecule has 1 aliphatic carbocycles. The van der Waals surface area contributed by atoms with Crippen LogP contribution in [0.1, 0.15) is 56.0 Å². The number of nitrogens with zero attached hydrogens (tertiary/aromatic N) is 1. The Kier molecular flexibility index (Phi) is 4.10. The van der Waals surface area contributed by atoms with Crippen LogP contribution in [-0.4, -0.2) is 23.9 Å². The van der Waals surface area contributed by atoms with Crippen LogP contribution in [0.15, 0.2) is 11.4 Å². The molecule has 1 unspecified atom stereocenters. The van der Waals surface area contributed by atoms with Gasteiger partial charge >= 0.3 is 0 Å². The molecule has 116 valence electrons. The number of fused-ring (bicyclic) bond motifs is 1. The Morgan fingerprint density at radius 2 is 2.14 bits per heavy atom. The van der Waals surface area contributed by atoms with Crippen LogP contribution in [0.25, 0.3) is 0 Å². The van der Waals surface area contributed by atoms with Gasteiger partial charge in [-0.1, -0.05) is 13.8 Å². The molecule has 3 nitrogen and oxygen atoms in total. The van der Waals surface area contributed by atoms with E-state index in [9.17, 15) is 4.79 Å². The maximum absolute atomic E-state index is 13.2. The highest BCUT2D eigenvalue weighted by atomic mass is 32.1. The number of hydrogen-bond acceptors (Lipinski definition) is 3. The highest BCUT2D eigenvalue weighted by Crippen LogP contribution is 2.49. The number of rotatable bonds is 5. The van der Waals surface area contributed by atoms with Gasteiger partial charge in [-0.2, -0.15) is 0 Å². The number of carbonyl (C=O) groups is 1. The second-order valence-electron chi connectivity index (χ2n) is 6.52. The first kappa shape index (κ1) is 15.0. The number of nitrogens with two attached hydrogens (primary N) is 1. The number of carbonyl (C=O) groups excluding carboxylic acids is 1.